The van der Waals surface area contributed by atoms with Crippen LogP contribution in [0, 0.1) is 5.82 Å². The molecule has 4 heteroatoms. The lowest BCUT2D eigenvalue weighted by Gasteiger charge is -2.32. The van der Waals surface area contributed by atoms with Crippen molar-refractivity contribution in [2.75, 3.05) is 33.2 Å². The van der Waals surface area contributed by atoms with E-state index in [1.165, 1.54) is 11.6 Å². The molecule has 1 N–H and O–H groups in total. The highest BCUT2D eigenvalue weighted by molar-refractivity contribution is 5.90. The van der Waals surface area contributed by atoms with Crippen LogP contribution in [0.15, 0.2) is 48.5 Å². The molecule has 3 nitrogen and oxygen atoms in total. The predicted octanol–water partition coefficient (Wildman–Crippen LogP) is 3.72. The quantitative estimate of drug-likeness (QED) is 0.793. The topological polar surface area (TPSA) is 22.3 Å². The normalized spacial score (nSPS) is 16.8. The number of aromatic nitrogens is 1. The van der Waals surface area contributed by atoms with Gasteiger partial charge in [-0.3, -0.25) is 4.90 Å². The first kappa shape index (κ1) is 15.4. The van der Waals surface area contributed by atoms with Crippen molar-refractivity contribution in [3.05, 3.63) is 59.9 Å². The third-order valence-corrected chi connectivity index (χ3v) is 4.91. The number of benzene rings is 2. The van der Waals surface area contributed by atoms with E-state index < -0.39 is 0 Å². The highest BCUT2D eigenvalue weighted by Gasteiger charge is 2.19. The van der Waals surface area contributed by atoms with Gasteiger partial charge < -0.3 is 9.88 Å². The Labute approximate surface area is 141 Å². The molecule has 0 aliphatic carbocycles. The van der Waals surface area contributed by atoms with Gasteiger partial charge in [0.1, 0.15) is 5.82 Å². The minimum Gasteiger partial charge on any atom is -0.354 e. The molecule has 4 rings (SSSR count). The molecule has 1 aliphatic heterocycles. The van der Waals surface area contributed by atoms with Gasteiger partial charge in [0.05, 0.1) is 5.69 Å². The van der Waals surface area contributed by atoms with Crippen LogP contribution in [-0.2, 0) is 6.54 Å². The average Bonchev–Trinajstić information content (AvgIpc) is 2.95. The molecule has 1 aliphatic rings. The van der Waals surface area contributed by atoms with E-state index in [2.05, 4.69) is 34.0 Å². The summed E-state index contributed by atoms with van der Waals surface area (Å²) in [6.07, 6.45) is 0. The number of nitrogens with zero attached hydrogens (tertiary/aromatic N) is 2. The minimum atomic E-state index is -0.180. The number of fused-ring (bicyclic) bond motifs is 1. The van der Waals surface area contributed by atoms with E-state index in [9.17, 15) is 4.39 Å². The van der Waals surface area contributed by atoms with Gasteiger partial charge in [-0.25, -0.2) is 4.39 Å². The van der Waals surface area contributed by atoms with Gasteiger partial charge in [-0.1, -0.05) is 30.3 Å². The first-order valence-corrected chi connectivity index (χ1v) is 8.47. The van der Waals surface area contributed by atoms with Crippen molar-refractivity contribution in [1.29, 1.82) is 0 Å². The Kier molecular flexibility index (Phi) is 4.08. The van der Waals surface area contributed by atoms with Crippen molar-refractivity contribution >= 4 is 10.9 Å². The van der Waals surface area contributed by atoms with Crippen LogP contribution >= 0.6 is 0 Å². The molecule has 1 saturated heterocycles. The first-order chi connectivity index (χ1) is 11.7. The molecule has 0 amide bonds. The fourth-order valence-electron chi connectivity index (χ4n) is 3.46. The van der Waals surface area contributed by atoms with Crippen molar-refractivity contribution in [1.82, 2.24) is 14.8 Å². The van der Waals surface area contributed by atoms with Crippen LogP contribution in [0.5, 0.6) is 0 Å². The van der Waals surface area contributed by atoms with Gasteiger partial charge in [-0.15, -0.1) is 0 Å². The molecule has 0 atom stereocenters. The highest BCUT2D eigenvalue weighted by Crippen LogP contribution is 2.32. The summed E-state index contributed by atoms with van der Waals surface area (Å²) in [4.78, 5) is 8.31. The largest absolute Gasteiger partial charge is 0.354 e. The predicted molar refractivity (Wildman–Crippen MR) is 96.5 cm³/mol. The number of hydrogen-bond donors (Lipinski definition) is 1. The zero-order valence-electron chi connectivity index (χ0n) is 13.9. The van der Waals surface area contributed by atoms with E-state index in [1.54, 1.807) is 6.07 Å². The Morgan fingerprint density at radius 1 is 1.00 bits per heavy atom. The van der Waals surface area contributed by atoms with E-state index in [-0.39, 0.29) is 5.82 Å². The fraction of sp³-hybridized carbons (Fsp3) is 0.300. The Hall–Kier alpha value is -2.17. The second-order valence-corrected chi connectivity index (χ2v) is 6.61. The lowest BCUT2D eigenvalue weighted by molar-refractivity contribution is 0.148. The van der Waals surface area contributed by atoms with Gasteiger partial charge in [-0.2, -0.15) is 0 Å². The van der Waals surface area contributed by atoms with Gasteiger partial charge in [0.15, 0.2) is 0 Å². The molecule has 0 radical (unpaired) electrons. The number of H-pyrrole nitrogens is 1. The maximum atomic E-state index is 13.8. The highest BCUT2D eigenvalue weighted by atomic mass is 19.1. The van der Waals surface area contributed by atoms with Crippen LogP contribution < -0.4 is 0 Å². The van der Waals surface area contributed by atoms with Gasteiger partial charge in [-0.05, 0) is 36.4 Å². The molecular weight excluding hydrogens is 301 g/mol. The lowest BCUT2D eigenvalue weighted by atomic mass is 10.0. The zero-order chi connectivity index (χ0) is 16.5. The van der Waals surface area contributed by atoms with E-state index >= 15 is 0 Å². The summed E-state index contributed by atoms with van der Waals surface area (Å²) < 4.78 is 13.8. The number of halogens is 1. The van der Waals surface area contributed by atoms with Crippen molar-refractivity contribution in [3.8, 4) is 11.3 Å². The fourth-order valence-corrected chi connectivity index (χ4v) is 3.46. The monoisotopic (exact) mass is 323 g/mol. The maximum Gasteiger partial charge on any atom is 0.123 e. The van der Waals surface area contributed by atoms with Crippen molar-refractivity contribution < 1.29 is 4.39 Å². The second-order valence-electron chi connectivity index (χ2n) is 6.61. The number of aromatic amines is 1. The minimum absolute atomic E-state index is 0.180. The van der Waals surface area contributed by atoms with E-state index in [4.69, 9.17) is 0 Å². The molecule has 1 aromatic heterocycles. The van der Waals surface area contributed by atoms with E-state index in [1.807, 2.05) is 24.3 Å². The van der Waals surface area contributed by atoms with Crippen LogP contribution in [0.1, 0.15) is 5.56 Å². The summed E-state index contributed by atoms with van der Waals surface area (Å²) >= 11 is 0. The smallest absolute Gasteiger partial charge is 0.123 e. The molecule has 0 unspecified atom stereocenters. The van der Waals surface area contributed by atoms with Crippen LogP contribution in [-0.4, -0.2) is 48.0 Å². The van der Waals surface area contributed by atoms with Crippen LogP contribution in [0.25, 0.3) is 22.2 Å². The lowest BCUT2D eigenvalue weighted by Crippen LogP contribution is -2.43. The number of piperazine rings is 1. The first-order valence-electron chi connectivity index (χ1n) is 8.47. The van der Waals surface area contributed by atoms with Crippen LogP contribution in [0.4, 0.5) is 4.39 Å². The van der Waals surface area contributed by atoms with Gasteiger partial charge in [0.25, 0.3) is 0 Å². The summed E-state index contributed by atoms with van der Waals surface area (Å²) in [6.45, 7) is 5.11. The molecule has 0 saturated carbocycles. The van der Waals surface area contributed by atoms with Crippen molar-refractivity contribution in [2.24, 2.45) is 0 Å². The maximum absolute atomic E-state index is 13.8. The molecule has 2 aromatic carbocycles. The number of rotatable bonds is 3. The Morgan fingerprint density at radius 3 is 2.50 bits per heavy atom. The van der Waals surface area contributed by atoms with E-state index in [0.717, 1.165) is 54.9 Å². The Balaban J connectivity index is 1.77. The summed E-state index contributed by atoms with van der Waals surface area (Å²) in [6, 6.07) is 15.3. The summed E-state index contributed by atoms with van der Waals surface area (Å²) in [5.74, 6) is -0.180. The molecule has 1 fully saturated rings. The molecule has 24 heavy (non-hydrogen) atoms. The number of nitrogens with one attached hydrogen (secondary N) is 1. The Bertz CT molecular complexity index is 833. The van der Waals surface area contributed by atoms with Crippen molar-refractivity contribution in [2.45, 2.75) is 6.54 Å². The van der Waals surface area contributed by atoms with Crippen LogP contribution in [0.2, 0.25) is 0 Å². The third kappa shape index (κ3) is 2.95. The zero-order valence-corrected chi connectivity index (χ0v) is 13.9. The van der Waals surface area contributed by atoms with Gasteiger partial charge in [0.2, 0.25) is 0 Å². The Morgan fingerprint density at radius 2 is 1.75 bits per heavy atom. The molecule has 2 heterocycles. The summed E-state index contributed by atoms with van der Waals surface area (Å²) in [5, 5.41) is 0.993. The average molecular weight is 323 g/mol. The van der Waals surface area contributed by atoms with Gasteiger partial charge >= 0.3 is 0 Å². The van der Waals surface area contributed by atoms with E-state index in [0.29, 0.717) is 0 Å². The van der Waals surface area contributed by atoms with Crippen LogP contribution in [0.3, 0.4) is 0 Å². The molecule has 3 aromatic rings. The SMILES string of the molecule is CN1CCN(Cc2c(-c3ccccc3)[nH]c3ccc(F)cc23)CC1. The molecule has 124 valence electrons. The molecular formula is C20H22FN3. The molecule has 0 spiro atoms. The van der Waals surface area contributed by atoms with Crippen molar-refractivity contribution in [3.63, 3.8) is 0 Å². The number of likely N-dealkylation sites (N-methyl/N-ethyl adjacent to an activating group) is 1. The summed E-state index contributed by atoms with van der Waals surface area (Å²) in [7, 11) is 2.16. The second kappa shape index (κ2) is 6.38. The molecule has 0 bridgehead atoms. The van der Waals surface area contributed by atoms with Gasteiger partial charge in [0, 0.05) is 43.6 Å². The summed E-state index contributed by atoms with van der Waals surface area (Å²) in [5.41, 5.74) is 4.45. The number of hydrogen-bond acceptors (Lipinski definition) is 2. The standard InChI is InChI=1S/C20H22FN3/c1-23-9-11-24(12-10-23)14-18-17-13-16(21)7-8-19(17)22-20(18)15-5-3-2-4-6-15/h2-8,13,22H,9-12,14H2,1H3. The third-order valence-electron chi connectivity index (χ3n) is 4.91.